The topological polar surface area (TPSA) is 224 Å². The van der Waals surface area contributed by atoms with Gasteiger partial charge in [-0.15, -0.1) is 0 Å². The van der Waals surface area contributed by atoms with Crippen LogP contribution in [0, 0.1) is 5.92 Å². The van der Waals surface area contributed by atoms with Crippen molar-refractivity contribution in [3.8, 4) is 0 Å². The number of para-hydroxylation sites is 1. The van der Waals surface area contributed by atoms with Crippen LogP contribution in [0.4, 0.5) is 0 Å². The van der Waals surface area contributed by atoms with Crippen LogP contribution in [0.3, 0.4) is 0 Å². The van der Waals surface area contributed by atoms with Crippen molar-refractivity contribution in [1.29, 1.82) is 0 Å². The molecule has 4 unspecified atom stereocenters. The standard InChI is InChI=1S/C23H31N5O8/c1-11(2)19(24)22(34)27-16(8-18(30)31)21(33)26-15(20(32)28-17(10-29)23(35)36)7-12-9-25-14-6-4-3-5-13(12)14/h3-6,9,11,15-17,19,25,29H,7-8,10,24H2,1-2H3,(H,26,33)(H,27,34)(H,28,32)(H,30,31)(H,35,36). The number of aromatic nitrogens is 1. The van der Waals surface area contributed by atoms with Gasteiger partial charge in [0.05, 0.1) is 19.1 Å². The molecule has 0 radical (unpaired) electrons. The maximum atomic E-state index is 13.0. The first-order valence-electron chi connectivity index (χ1n) is 11.2. The Kier molecular flexibility index (Phi) is 9.93. The maximum absolute atomic E-state index is 13.0. The van der Waals surface area contributed by atoms with Gasteiger partial charge in [0.1, 0.15) is 18.1 Å². The summed E-state index contributed by atoms with van der Waals surface area (Å²) in [6.45, 7) is 2.47. The van der Waals surface area contributed by atoms with Gasteiger partial charge in [-0.2, -0.15) is 0 Å². The molecule has 1 aromatic heterocycles. The molecular formula is C23H31N5O8. The smallest absolute Gasteiger partial charge is 0.328 e. The maximum Gasteiger partial charge on any atom is 0.328 e. The number of amides is 3. The highest BCUT2D eigenvalue weighted by Gasteiger charge is 2.32. The van der Waals surface area contributed by atoms with Crippen molar-refractivity contribution in [2.45, 2.75) is 50.9 Å². The van der Waals surface area contributed by atoms with Crippen LogP contribution in [0.2, 0.25) is 0 Å². The summed E-state index contributed by atoms with van der Waals surface area (Å²) in [6.07, 6.45) is 0.743. The summed E-state index contributed by atoms with van der Waals surface area (Å²) in [5, 5.41) is 35.3. The highest BCUT2D eigenvalue weighted by Crippen LogP contribution is 2.19. The Morgan fingerprint density at radius 3 is 2.08 bits per heavy atom. The first kappa shape index (κ1) is 28.3. The average Bonchev–Trinajstić information content (AvgIpc) is 3.23. The lowest BCUT2D eigenvalue weighted by Crippen LogP contribution is -2.58. The fourth-order valence-corrected chi connectivity index (χ4v) is 3.41. The van der Waals surface area contributed by atoms with Crippen LogP contribution in [0.25, 0.3) is 10.9 Å². The molecule has 0 aliphatic rings. The van der Waals surface area contributed by atoms with Gasteiger partial charge >= 0.3 is 11.9 Å². The summed E-state index contributed by atoms with van der Waals surface area (Å²) in [5.74, 6) is -5.79. The number of carbonyl (C=O) groups excluding carboxylic acids is 3. The number of hydrogen-bond acceptors (Lipinski definition) is 7. The molecule has 36 heavy (non-hydrogen) atoms. The highest BCUT2D eigenvalue weighted by molar-refractivity contribution is 5.96. The van der Waals surface area contributed by atoms with E-state index in [-0.39, 0.29) is 12.3 Å². The SMILES string of the molecule is CC(C)C(N)C(=O)NC(CC(=O)O)C(=O)NC(Cc1c[nH]c2ccccc12)C(=O)NC(CO)C(=O)O. The van der Waals surface area contributed by atoms with Gasteiger partial charge in [0.25, 0.3) is 0 Å². The molecular weight excluding hydrogens is 474 g/mol. The van der Waals surface area contributed by atoms with E-state index < -0.39 is 66.9 Å². The molecule has 3 amide bonds. The quantitative estimate of drug-likeness (QED) is 0.162. The van der Waals surface area contributed by atoms with E-state index in [2.05, 4.69) is 20.9 Å². The van der Waals surface area contributed by atoms with Crippen molar-refractivity contribution in [3.05, 3.63) is 36.0 Å². The monoisotopic (exact) mass is 505 g/mol. The number of H-pyrrole nitrogens is 1. The van der Waals surface area contributed by atoms with Gasteiger partial charge in [-0.05, 0) is 17.5 Å². The molecule has 4 atom stereocenters. The van der Waals surface area contributed by atoms with Crippen LogP contribution >= 0.6 is 0 Å². The number of carboxylic acid groups (broad SMARTS) is 2. The Labute approximate surface area is 206 Å². The first-order chi connectivity index (χ1) is 16.9. The number of aliphatic hydroxyl groups excluding tert-OH is 1. The van der Waals surface area contributed by atoms with Gasteiger partial charge in [0.2, 0.25) is 17.7 Å². The normalized spacial score (nSPS) is 14.5. The van der Waals surface area contributed by atoms with Gasteiger partial charge in [0.15, 0.2) is 0 Å². The third-order valence-electron chi connectivity index (χ3n) is 5.56. The van der Waals surface area contributed by atoms with E-state index in [9.17, 15) is 39.3 Å². The molecule has 2 rings (SSSR count). The molecule has 1 aromatic carbocycles. The predicted molar refractivity (Wildman–Crippen MR) is 128 cm³/mol. The number of fused-ring (bicyclic) bond motifs is 1. The van der Waals surface area contributed by atoms with Gasteiger partial charge < -0.3 is 42.0 Å². The van der Waals surface area contributed by atoms with E-state index in [0.29, 0.717) is 5.56 Å². The van der Waals surface area contributed by atoms with E-state index in [1.165, 1.54) is 0 Å². The molecule has 1 heterocycles. The molecule has 196 valence electrons. The zero-order valence-electron chi connectivity index (χ0n) is 19.9. The van der Waals surface area contributed by atoms with Crippen molar-refractivity contribution >= 4 is 40.6 Å². The Morgan fingerprint density at radius 1 is 0.917 bits per heavy atom. The molecule has 0 spiro atoms. The van der Waals surface area contributed by atoms with Crippen molar-refractivity contribution < 1.29 is 39.3 Å². The second kappa shape index (κ2) is 12.7. The second-order valence-electron chi connectivity index (χ2n) is 8.64. The number of aliphatic carboxylic acids is 2. The van der Waals surface area contributed by atoms with Crippen LogP contribution in [-0.4, -0.2) is 80.7 Å². The molecule has 0 aliphatic heterocycles. The molecule has 0 bridgehead atoms. The lowest BCUT2D eigenvalue weighted by atomic mass is 10.0. The number of nitrogens with two attached hydrogens (primary N) is 1. The predicted octanol–water partition coefficient (Wildman–Crippen LogP) is -1.30. The third-order valence-corrected chi connectivity index (χ3v) is 5.56. The minimum atomic E-state index is -1.63. The van der Waals surface area contributed by atoms with E-state index in [4.69, 9.17) is 5.73 Å². The third kappa shape index (κ3) is 7.52. The van der Waals surface area contributed by atoms with Crippen LogP contribution in [0.15, 0.2) is 30.5 Å². The van der Waals surface area contributed by atoms with Crippen molar-refractivity contribution in [3.63, 3.8) is 0 Å². The lowest BCUT2D eigenvalue weighted by Gasteiger charge is -2.25. The number of rotatable bonds is 13. The largest absolute Gasteiger partial charge is 0.481 e. The Hall–Kier alpha value is -3.97. The van der Waals surface area contributed by atoms with E-state index in [0.717, 1.165) is 10.9 Å². The molecule has 13 heteroatoms. The number of carbonyl (C=O) groups is 5. The van der Waals surface area contributed by atoms with Crippen LogP contribution in [0.5, 0.6) is 0 Å². The Balaban J connectivity index is 2.32. The summed E-state index contributed by atoms with van der Waals surface area (Å²) in [5.41, 5.74) is 7.17. The summed E-state index contributed by atoms with van der Waals surface area (Å²) in [7, 11) is 0. The van der Waals surface area contributed by atoms with Gasteiger partial charge in [-0.3, -0.25) is 19.2 Å². The average molecular weight is 506 g/mol. The van der Waals surface area contributed by atoms with E-state index in [1.807, 2.05) is 0 Å². The van der Waals surface area contributed by atoms with Crippen molar-refractivity contribution in [2.75, 3.05) is 6.61 Å². The molecule has 0 saturated carbocycles. The Bertz CT molecular complexity index is 1110. The van der Waals surface area contributed by atoms with Gasteiger partial charge in [-0.1, -0.05) is 32.0 Å². The number of benzene rings is 1. The molecule has 9 N–H and O–H groups in total. The van der Waals surface area contributed by atoms with Crippen LogP contribution < -0.4 is 21.7 Å². The summed E-state index contributed by atoms with van der Waals surface area (Å²) < 4.78 is 0. The minimum absolute atomic E-state index is 0.0986. The lowest BCUT2D eigenvalue weighted by molar-refractivity contribution is -0.144. The minimum Gasteiger partial charge on any atom is -0.481 e. The summed E-state index contributed by atoms with van der Waals surface area (Å²) in [6, 6.07) is 1.62. The van der Waals surface area contributed by atoms with Gasteiger partial charge in [-0.25, -0.2) is 4.79 Å². The fourth-order valence-electron chi connectivity index (χ4n) is 3.41. The van der Waals surface area contributed by atoms with E-state index in [1.54, 1.807) is 44.3 Å². The first-order valence-corrected chi connectivity index (χ1v) is 11.2. The number of carboxylic acids is 2. The zero-order chi connectivity index (χ0) is 27.0. The molecule has 0 saturated heterocycles. The number of hydrogen-bond donors (Lipinski definition) is 8. The van der Waals surface area contributed by atoms with E-state index >= 15 is 0 Å². The Morgan fingerprint density at radius 2 is 1.50 bits per heavy atom. The second-order valence-corrected chi connectivity index (χ2v) is 8.64. The molecule has 0 aliphatic carbocycles. The highest BCUT2D eigenvalue weighted by atomic mass is 16.4. The number of nitrogens with one attached hydrogen (secondary N) is 4. The molecule has 2 aromatic rings. The van der Waals surface area contributed by atoms with Gasteiger partial charge in [0, 0.05) is 23.5 Å². The zero-order valence-corrected chi connectivity index (χ0v) is 19.9. The number of aliphatic hydroxyl groups is 1. The molecule has 0 fully saturated rings. The van der Waals surface area contributed by atoms with Crippen molar-refractivity contribution in [1.82, 2.24) is 20.9 Å². The van der Waals surface area contributed by atoms with Crippen LogP contribution in [-0.2, 0) is 30.4 Å². The van der Waals surface area contributed by atoms with Crippen LogP contribution in [0.1, 0.15) is 25.8 Å². The summed E-state index contributed by atoms with van der Waals surface area (Å²) in [4.78, 5) is 64.0. The summed E-state index contributed by atoms with van der Waals surface area (Å²) >= 11 is 0. The molecule has 13 nitrogen and oxygen atoms in total. The fraction of sp³-hybridized carbons (Fsp3) is 0.435. The van der Waals surface area contributed by atoms with Crippen molar-refractivity contribution in [2.24, 2.45) is 11.7 Å². The number of aromatic amines is 1.